The van der Waals surface area contributed by atoms with Crippen molar-refractivity contribution in [2.24, 2.45) is 0 Å². The van der Waals surface area contributed by atoms with Gasteiger partial charge in [0.1, 0.15) is 0 Å². The van der Waals surface area contributed by atoms with Gasteiger partial charge in [-0.05, 0) is 37.1 Å². The van der Waals surface area contributed by atoms with Crippen LogP contribution in [0, 0.1) is 0 Å². The molecule has 2 rings (SSSR count). The smallest absolute Gasteiger partial charge is 0.325 e. The van der Waals surface area contributed by atoms with Gasteiger partial charge in [0, 0.05) is 17.4 Å². The molecule has 9 heteroatoms. The van der Waals surface area contributed by atoms with Crippen LogP contribution in [0.25, 0.3) is 0 Å². The van der Waals surface area contributed by atoms with E-state index in [0.717, 1.165) is 36.7 Å². The molecule has 2 aromatic rings. The van der Waals surface area contributed by atoms with Crippen molar-refractivity contribution in [3.05, 3.63) is 51.9 Å². The zero-order valence-corrected chi connectivity index (χ0v) is 14.8. The first-order valence-electron chi connectivity index (χ1n) is 7.98. The summed E-state index contributed by atoms with van der Waals surface area (Å²) >= 11 is 1.06. The molecule has 1 amide bonds. The molecule has 0 saturated heterocycles. The Morgan fingerprint density at radius 2 is 1.96 bits per heavy atom. The zero-order chi connectivity index (χ0) is 19.2. The number of carbonyl (C=O) groups is 1. The van der Waals surface area contributed by atoms with E-state index in [1.165, 1.54) is 18.2 Å². The van der Waals surface area contributed by atoms with Crippen LogP contribution in [-0.4, -0.2) is 21.6 Å². The average molecular weight is 385 g/mol. The van der Waals surface area contributed by atoms with Crippen molar-refractivity contribution in [1.82, 2.24) is 9.97 Å². The topological polar surface area (TPSA) is 74.8 Å². The summed E-state index contributed by atoms with van der Waals surface area (Å²) in [5, 5.41) is 2.85. The number of carbonyl (C=O) groups excluding carboxylic acids is 1. The molecule has 0 unspecified atom stereocenters. The van der Waals surface area contributed by atoms with E-state index in [1.54, 1.807) is 0 Å². The van der Waals surface area contributed by atoms with E-state index in [-0.39, 0.29) is 17.0 Å². The van der Waals surface area contributed by atoms with E-state index in [9.17, 15) is 22.8 Å². The Labute approximate surface area is 152 Å². The van der Waals surface area contributed by atoms with Gasteiger partial charge >= 0.3 is 6.18 Å². The molecular weight excluding hydrogens is 367 g/mol. The zero-order valence-electron chi connectivity index (χ0n) is 14.0. The van der Waals surface area contributed by atoms with Crippen molar-refractivity contribution < 1.29 is 18.0 Å². The lowest BCUT2D eigenvalue weighted by Gasteiger charge is -2.09. The maximum absolute atomic E-state index is 12.5. The molecule has 0 radical (unpaired) electrons. The minimum Gasteiger partial charge on any atom is -0.325 e. The summed E-state index contributed by atoms with van der Waals surface area (Å²) in [4.78, 5) is 30.4. The molecule has 0 aliphatic heterocycles. The molecule has 5 nitrogen and oxygen atoms in total. The summed E-state index contributed by atoms with van der Waals surface area (Å²) in [6, 6.07) is 5.62. The van der Waals surface area contributed by atoms with Gasteiger partial charge in [0.15, 0.2) is 5.16 Å². The number of hydrogen-bond acceptors (Lipinski definition) is 4. The van der Waals surface area contributed by atoms with Gasteiger partial charge in [0.25, 0.3) is 5.56 Å². The highest BCUT2D eigenvalue weighted by Gasteiger charge is 2.29. The SMILES string of the molecule is CCCCc1cc(=O)[nH]c(SCC(=O)Nc2ccc(C(F)(F)F)cc2)n1. The predicted octanol–water partition coefficient (Wildman–Crippen LogP) is 3.86. The van der Waals surface area contributed by atoms with E-state index in [1.807, 2.05) is 6.92 Å². The van der Waals surface area contributed by atoms with Crippen LogP contribution in [0.1, 0.15) is 31.0 Å². The van der Waals surface area contributed by atoms with Gasteiger partial charge in [-0.15, -0.1) is 0 Å². The van der Waals surface area contributed by atoms with Crippen LogP contribution < -0.4 is 10.9 Å². The predicted molar refractivity (Wildman–Crippen MR) is 94.3 cm³/mol. The normalized spacial score (nSPS) is 11.4. The minimum atomic E-state index is -4.42. The molecule has 0 fully saturated rings. The van der Waals surface area contributed by atoms with E-state index in [0.29, 0.717) is 17.3 Å². The molecule has 0 bridgehead atoms. The van der Waals surface area contributed by atoms with Crippen molar-refractivity contribution >= 4 is 23.4 Å². The Kier molecular flexibility index (Phi) is 6.84. The lowest BCUT2D eigenvalue weighted by atomic mass is 10.2. The van der Waals surface area contributed by atoms with E-state index < -0.39 is 17.6 Å². The number of nitrogens with one attached hydrogen (secondary N) is 2. The number of aryl methyl sites for hydroxylation is 1. The largest absolute Gasteiger partial charge is 0.416 e. The van der Waals surface area contributed by atoms with E-state index in [2.05, 4.69) is 15.3 Å². The third-order valence-electron chi connectivity index (χ3n) is 3.40. The minimum absolute atomic E-state index is 0.0266. The van der Waals surface area contributed by atoms with Gasteiger partial charge in [-0.2, -0.15) is 13.2 Å². The average Bonchev–Trinajstić information content (AvgIpc) is 2.57. The number of aromatic amines is 1. The lowest BCUT2D eigenvalue weighted by Crippen LogP contribution is -2.16. The van der Waals surface area contributed by atoms with Gasteiger partial charge in [0.05, 0.1) is 11.3 Å². The Morgan fingerprint density at radius 1 is 1.27 bits per heavy atom. The van der Waals surface area contributed by atoms with Gasteiger partial charge in [-0.25, -0.2) is 4.98 Å². The van der Waals surface area contributed by atoms with Crippen molar-refractivity contribution in [2.45, 2.75) is 37.5 Å². The second-order valence-electron chi connectivity index (χ2n) is 5.56. The number of unbranched alkanes of at least 4 members (excludes halogenated alkanes) is 1. The molecule has 0 atom stereocenters. The number of alkyl halides is 3. The Morgan fingerprint density at radius 3 is 2.58 bits per heavy atom. The first-order valence-corrected chi connectivity index (χ1v) is 8.96. The highest BCUT2D eigenvalue weighted by molar-refractivity contribution is 7.99. The van der Waals surface area contributed by atoms with Crippen LogP contribution in [-0.2, 0) is 17.4 Å². The summed E-state index contributed by atoms with van der Waals surface area (Å²) in [6.45, 7) is 2.04. The maximum Gasteiger partial charge on any atom is 0.416 e. The standard InChI is InChI=1S/C17H18F3N3O2S/c1-2-3-4-13-9-14(24)23-16(22-13)26-10-15(25)21-12-7-5-11(6-8-12)17(18,19)20/h5-9H,2-4,10H2,1H3,(H,21,25)(H,22,23,24). The fourth-order valence-electron chi connectivity index (χ4n) is 2.11. The van der Waals surface area contributed by atoms with Crippen LogP contribution in [0.3, 0.4) is 0 Å². The molecule has 0 aliphatic rings. The lowest BCUT2D eigenvalue weighted by molar-refractivity contribution is -0.137. The molecule has 1 heterocycles. The monoisotopic (exact) mass is 385 g/mol. The van der Waals surface area contributed by atoms with Gasteiger partial charge < -0.3 is 10.3 Å². The van der Waals surface area contributed by atoms with Crippen LogP contribution in [0.2, 0.25) is 0 Å². The van der Waals surface area contributed by atoms with Crippen molar-refractivity contribution in [2.75, 3.05) is 11.1 Å². The maximum atomic E-state index is 12.5. The molecule has 1 aromatic carbocycles. The number of thioether (sulfide) groups is 1. The summed E-state index contributed by atoms with van der Waals surface area (Å²) in [6.07, 6.45) is -1.84. The van der Waals surface area contributed by atoms with E-state index >= 15 is 0 Å². The second-order valence-corrected chi connectivity index (χ2v) is 6.52. The van der Waals surface area contributed by atoms with Crippen molar-refractivity contribution in [3.63, 3.8) is 0 Å². The Balaban J connectivity index is 1.92. The van der Waals surface area contributed by atoms with Crippen LogP contribution in [0.15, 0.2) is 40.3 Å². The van der Waals surface area contributed by atoms with Crippen LogP contribution in [0.4, 0.5) is 18.9 Å². The van der Waals surface area contributed by atoms with Crippen molar-refractivity contribution in [1.29, 1.82) is 0 Å². The van der Waals surface area contributed by atoms with Gasteiger partial charge in [-0.3, -0.25) is 9.59 Å². The number of nitrogens with zero attached hydrogens (tertiary/aromatic N) is 1. The number of amides is 1. The Bertz CT molecular complexity index is 804. The van der Waals surface area contributed by atoms with Gasteiger partial charge in [0.2, 0.25) is 5.91 Å². The number of benzene rings is 1. The summed E-state index contributed by atoms with van der Waals surface area (Å²) < 4.78 is 37.5. The van der Waals surface area contributed by atoms with E-state index in [4.69, 9.17) is 0 Å². The summed E-state index contributed by atoms with van der Waals surface area (Å²) in [5.74, 6) is -0.433. The molecular formula is C17H18F3N3O2S. The highest BCUT2D eigenvalue weighted by Crippen LogP contribution is 2.29. The highest BCUT2D eigenvalue weighted by atomic mass is 32.2. The number of hydrogen-bond donors (Lipinski definition) is 2. The second kappa shape index (κ2) is 8.88. The fraction of sp³-hybridized carbons (Fsp3) is 0.353. The molecule has 1 aromatic heterocycles. The first kappa shape index (κ1) is 20.0. The number of rotatable bonds is 7. The van der Waals surface area contributed by atoms with Crippen LogP contribution >= 0.6 is 11.8 Å². The first-order chi connectivity index (χ1) is 12.3. The molecule has 0 spiro atoms. The molecule has 0 saturated carbocycles. The number of halogens is 3. The van der Waals surface area contributed by atoms with Gasteiger partial charge in [-0.1, -0.05) is 25.1 Å². The molecule has 0 aliphatic carbocycles. The molecule has 2 N–H and O–H groups in total. The van der Waals surface area contributed by atoms with Crippen molar-refractivity contribution in [3.8, 4) is 0 Å². The number of anilines is 1. The quantitative estimate of drug-likeness (QED) is 0.561. The molecule has 26 heavy (non-hydrogen) atoms. The number of H-pyrrole nitrogens is 1. The Hall–Kier alpha value is -2.29. The third-order valence-corrected chi connectivity index (χ3v) is 4.27. The molecule has 140 valence electrons. The summed E-state index contributed by atoms with van der Waals surface area (Å²) in [7, 11) is 0. The summed E-state index contributed by atoms with van der Waals surface area (Å²) in [5.41, 5.74) is -0.129. The third kappa shape index (κ3) is 6.21. The fourth-order valence-corrected chi connectivity index (χ4v) is 2.81. The number of aromatic nitrogens is 2. The van der Waals surface area contributed by atoms with Crippen LogP contribution in [0.5, 0.6) is 0 Å².